The molecule has 0 saturated carbocycles. The predicted octanol–water partition coefficient (Wildman–Crippen LogP) is 1.72. The van der Waals surface area contributed by atoms with Crippen LogP contribution >= 0.6 is 11.6 Å². The first-order valence-corrected chi connectivity index (χ1v) is 10.2. The first-order valence-electron chi connectivity index (χ1n) is 8.25. The SMILES string of the molecule is NC(=O)C1C=C(c2ccccc2)C=C(Nc2ccc(S(N)(=O)=O)cc2)C1(N)Cl. The number of halogens is 1. The molecule has 3 rings (SSSR count). The van der Waals surface area contributed by atoms with E-state index in [0.717, 1.165) is 11.1 Å². The molecule has 28 heavy (non-hydrogen) atoms. The molecule has 0 aromatic heterocycles. The molecule has 0 fully saturated rings. The maximum Gasteiger partial charge on any atom is 0.238 e. The number of carbonyl (C=O) groups is 1. The molecule has 9 heteroatoms. The number of benzene rings is 2. The van der Waals surface area contributed by atoms with Gasteiger partial charge in [-0.15, -0.1) is 0 Å². The first-order chi connectivity index (χ1) is 13.1. The average Bonchev–Trinajstić information content (AvgIpc) is 2.63. The fraction of sp³-hybridized carbons (Fsp3) is 0.105. The van der Waals surface area contributed by atoms with Gasteiger partial charge in [0.1, 0.15) is 5.00 Å². The molecule has 1 aliphatic carbocycles. The van der Waals surface area contributed by atoms with Gasteiger partial charge in [0.25, 0.3) is 0 Å². The second-order valence-corrected chi connectivity index (χ2v) is 8.58. The molecule has 0 aliphatic heterocycles. The molecular formula is C19H19ClN4O3S. The van der Waals surface area contributed by atoms with E-state index in [1.165, 1.54) is 24.3 Å². The number of rotatable bonds is 5. The normalized spacial score (nSPS) is 22.2. The molecule has 0 spiro atoms. The van der Waals surface area contributed by atoms with E-state index < -0.39 is 26.8 Å². The Morgan fingerprint density at radius 1 is 1.07 bits per heavy atom. The average molecular weight is 419 g/mol. The van der Waals surface area contributed by atoms with E-state index in [4.69, 9.17) is 28.2 Å². The van der Waals surface area contributed by atoms with Gasteiger partial charge < -0.3 is 16.8 Å². The van der Waals surface area contributed by atoms with Crippen molar-refractivity contribution < 1.29 is 13.2 Å². The Bertz CT molecular complexity index is 1060. The summed E-state index contributed by atoms with van der Waals surface area (Å²) < 4.78 is 22.8. The quantitative estimate of drug-likeness (QED) is 0.432. The highest BCUT2D eigenvalue weighted by Gasteiger charge is 2.42. The smallest absolute Gasteiger partial charge is 0.238 e. The van der Waals surface area contributed by atoms with Crippen LogP contribution in [0.4, 0.5) is 5.69 Å². The van der Waals surface area contributed by atoms with Crippen molar-refractivity contribution in [2.24, 2.45) is 22.5 Å². The zero-order chi connectivity index (χ0) is 20.5. The first kappa shape index (κ1) is 20.1. The van der Waals surface area contributed by atoms with Crippen molar-refractivity contribution in [3.8, 4) is 0 Å². The minimum atomic E-state index is -3.80. The number of sulfonamides is 1. The lowest BCUT2D eigenvalue weighted by molar-refractivity contribution is -0.121. The summed E-state index contributed by atoms with van der Waals surface area (Å²) in [6, 6.07) is 15.1. The molecule has 2 atom stereocenters. The van der Waals surface area contributed by atoms with E-state index in [1.54, 1.807) is 12.2 Å². The van der Waals surface area contributed by atoms with Gasteiger partial charge in [-0.3, -0.25) is 4.79 Å². The summed E-state index contributed by atoms with van der Waals surface area (Å²) >= 11 is 6.49. The molecule has 2 unspecified atom stereocenters. The molecule has 0 radical (unpaired) electrons. The van der Waals surface area contributed by atoms with Crippen molar-refractivity contribution in [1.29, 1.82) is 0 Å². The Balaban J connectivity index is 2.00. The predicted molar refractivity (Wildman–Crippen MR) is 109 cm³/mol. The van der Waals surface area contributed by atoms with Crippen molar-refractivity contribution in [2.45, 2.75) is 9.89 Å². The highest BCUT2D eigenvalue weighted by atomic mass is 35.5. The maximum atomic E-state index is 12.0. The third-order valence-electron chi connectivity index (χ3n) is 4.39. The van der Waals surface area contributed by atoms with Gasteiger partial charge >= 0.3 is 0 Å². The van der Waals surface area contributed by atoms with Gasteiger partial charge in [0.2, 0.25) is 15.9 Å². The molecule has 0 saturated heterocycles. The van der Waals surface area contributed by atoms with Crippen molar-refractivity contribution >= 4 is 38.8 Å². The lowest BCUT2D eigenvalue weighted by Gasteiger charge is -2.35. The number of hydrogen-bond acceptors (Lipinski definition) is 5. The summed E-state index contributed by atoms with van der Waals surface area (Å²) in [6.45, 7) is 0. The topological polar surface area (TPSA) is 141 Å². The largest absolute Gasteiger partial charge is 0.369 e. The van der Waals surface area contributed by atoms with Gasteiger partial charge in [-0.1, -0.05) is 48.0 Å². The number of primary amides is 1. The number of nitrogens with one attached hydrogen (secondary N) is 1. The van der Waals surface area contributed by atoms with E-state index >= 15 is 0 Å². The summed E-state index contributed by atoms with van der Waals surface area (Å²) in [5.41, 5.74) is 14.2. The lowest BCUT2D eigenvalue weighted by Crippen LogP contribution is -2.51. The van der Waals surface area contributed by atoms with Crippen LogP contribution in [0.15, 0.2) is 77.3 Å². The number of hydrogen-bond donors (Lipinski definition) is 4. The summed E-state index contributed by atoms with van der Waals surface area (Å²) in [5.74, 6) is -1.62. The van der Waals surface area contributed by atoms with Gasteiger partial charge in [0.15, 0.2) is 0 Å². The van der Waals surface area contributed by atoms with Crippen LogP contribution in [0, 0.1) is 5.92 Å². The van der Waals surface area contributed by atoms with Crippen molar-refractivity contribution in [3.63, 3.8) is 0 Å². The number of amides is 1. The summed E-state index contributed by atoms with van der Waals surface area (Å²) in [5, 5.41) is 8.16. The second kappa shape index (κ2) is 7.40. The monoisotopic (exact) mass is 418 g/mol. The fourth-order valence-corrected chi connectivity index (χ4v) is 3.69. The third-order valence-corrected chi connectivity index (χ3v) is 5.75. The van der Waals surface area contributed by atoms with Gasteiger partial charge in [0, 0.05) is 5.69 Å². The molecule has 1 aliphatic rings. The van der Waals surface area contributed by atoms with Crippen molar-refractivity contribution in [2.75, 3.05) is 5.32 Å². The van der Waals surface area contributed by atoms with E-state index in [1.807, 2.05) is 30.3 Å². The highest BCUT2D eigenvalue weighted by molar-refractivity contribution is 7.89. The van der Waals surface area contributed by atoms with Crippen LogP contribution in [-0.4, -0.2) is 19.3 Å². The fourth-order valence-electron chi connectivity index (χ4n) is 2.90. The van der Waals surface area contributed by atoms with Crippen LogP contribution in [0.25, 0.3) is 5.57 Å². The minimum absolute atomic E-state index is 0.0274. The summed E-state index contributed by atoms with van der Waals surface area (Å²) in [4.78, 5) is 10.4. The van der Waals surface area contributed by atoms with Crippen LogP contribution in [0.2, 0.25) is 0 Å². The van der Waals surface area contributed by atoms with E-state index in [-0.39, 0.29) is 4.90 Å². The second-order valence-electron chi connectivity index (χ2n) is 6.39. The minimum Gasteiger partial charge on any atom is -0.369 e. The highest BCUT2D eigenvalue weighted by Crippen LogP contribution is 2.38. The Morgan fingerprint density at radius 2 is 1.68 bits per heavy atom. The van der Waals surface area contributed by atoms with Crippen LogP contribution in [0.1, 0.15) is 5.56 Å². The molecule has 0 bridgehead atoms. The number of alkyl halides is 1. The van der Waals surface area contributed by atoms with Gasteiger partial charge in [-0.05, 0) is 41.5 Å². The molecule has 2 aromatic rings. The molecule has 146 valence electrons. The Labute approximate surface area is 167 Å². The molecule has 2 aromatic carbocycles. The van der Waals surface area contributed by atoms with E-state index in [2.05, 4.69) is 5.32 Å². The van der Waals surface area contributed by atoms with Crippen LogP contribution in [0.5, 0.6) is 0 Å². The van der Waals surface area contributed by atoms with Gasteiger partial charge in [-0.2, -0.15) is 0 Å². The maximum absolute atomic E-state index is 12.0. The summed E-state index contributed by atoms with van der Waals surface area (Å²) in [6.07, 6.45) is 3.37. The van der Waals surface area contributed by atoms with Crippen molar-refractivity contribution in [1.82, 2.24) is 0 Å². The Kier molecular flexibility index (Phi) is 5.31. The molecule has 7 nitrogen and oxygen atoms in total. The number of allylic oxidation sites excluding steroid dienone is 2. The van der Waals surface area contributed by atoms with Gasteiger partial charge in [0.05, 0.1) is 16.5 Å². The number of carbonyl (C=O) groups excluding carboxylic acids is 1. The molecule has 7 N–H and O–H groups in total. The standard InChI is InChI=1S/C19H19ClN4O3S/c20-19(22)16(18(21)25)10-13(12-4-2-1-3-5-12)11-17(19)24-14-6-8-15(9-7-14)28(23,26)27/h1-11,16,24H,22H2,(H2,21,25)(H2,23,26,27). The number of primary sulfonamides is 1. The Morgan fingerprint density at radius 3 is 2.21 bits per heavy atom. The van der Waals surface area contributed by atoms with Crippen molar-refractivity contribution in [3.05, 3.63) is 78.0 Å². The zero-order valence-corrected chi connectivity index (χ0v) is 16.2. The summed E-state index contributed by atoms with van der Waals surface area (Å²) in [7, 11) is -3.80. The zero-order valence-electron chi connectivity index (χ0n) is 14.7. The van der Waals surface area contributed by atoms with Gasteiger partial charge in [-0.25, -0.2) is 13.6 Å². The van der Waals surface area contributed by atoms with Crippen LogP contribution in [0.3, 0.4) is 0 Å². The van der Waals surface area contributed by atoms with E-state index in [0.29, 0.717) is 11.4 Å². The lowest BCUT2D eigenvalue weighted by atomic mass is 9.85. The van der Waals surface area contributed by atoms with E-state index in [9.17, 15) is 13.2 Å². The molecule has 0 heterocycles. The van der Waals surface area contributed by atoms with Crippen LogP contribution < -0.4 is 21.9 Å². The molecule has 1 amide bonds. The third kappa shape index (κ3) is 4.10. The molecular weight excluding hydrogens is 400 g/mol. The Hall–Kier alpha value is -2.65. The number of anilines is 1. The van der Waals surface area contributed by atoms with Crippen LogP contribution in [-0.2, 0) is 14.8 Å². The number of nitrogens with two attached hydrogens (primary N) is 3.